The maximum Gasteiger partial charge on any atom is 0.306 e. The zero-order valence-electron chi connectivity index (χ0n) is 38.6. The highest BCUT2D eigenvalue weighted by atomic mass is 16.4. The van der Waals surface area contributed by atoms with Crippen LogP contribution in [0.1, 0.15) is 84.4 Å². The number of hydrogen-bond donors (Lipinski definition) is 11. The molecule has 1 unspecified atom stereocenters. The third-order valence-corrected chi connectivity index (χ3v) is 11.4. The highest BCUT2D eigenvalue weighted by Gasteiger charge is 2.40. The second-order valence-corrected chi connectivity index (χ2v) is 17.1. The molecule has 1 aliphatic heterocycles. The van der Waals surface area contributed by atoms with Gasteiger partial charge in [-0.2, -0.15) is 0 Å². The molecule has 0 saturated carbocycles. The minimum absolute atomic E-state index is 0.0341. The number of nitrogens with zero attached hydrogens (tertiary/aromatic N) is 3. The zero-order valence-corrected chi connectivity index (χ0v) is 38.6. The molecule has 13 N–H and O–H groups in total. The Kier molecular flexibility index (Phi) is 21.5. The van der Waals surface area contributed by atoms with Gasteiger partial charge in [-0.05, 0) is 62.3 Å². The van der Waals surface area contributed by atoms with Crippen molar-refractivity contribution in [3.05, 3.63) is 48.0 Å². The van der Waals surface area contributed by atoms with Crippen molar-refractivity contribution in [2.24, 2.45) is 34.2 Å². The first kappa shape index (κ1) is 53.8. The van der Waals surface area contributed by atoms with Gasteiger partial charge in [-0.25, -0.2) is 4.98 Å². The normalized spacial score (nSPS) is 16.7. The van der Waals surface area contributed by atoms with Gasteiger partial charge in [0.2, 0.25) is 35.4 Å². The number of aliphatic carboxylic acids is 1. The van der Waals surface area contributed by atoms with Gasteiger partial charge >= 0.3 is 5.97 Å². The average molecular weight is 925 g/mol. The summed E-state index contributed by atoms with van der Waals surface area (Å²) in [6.45, 7) is 8.65. The van der Waals surface area contributed by atoms with Gasteiger partial charge in [0.15, 0.2) is 11.7 Å². The number of hydrogen-bond acceptors (Lipinski definition) is 12. The molecule has 364 valence electrons. The molecular weight excluding hydrogens is 857 g/mol. The Morgan fingerprint density at radius 2 is 1.50 bits per heavy atom. The molecule has 22 nitrogen and oxygen atoms in total. The standard InChI is InChI=1S/C44H68N12O10/c1-7-25(4)37(41(63)53-32(20-28-21-48-23-50-28)42(64)56-17-9-11-33(56)34(58)18-26(5)43(65)66)55-39(61)31(19-27-12-14-29(57)15-13-27)52-40(62)36(24(2)3)54-38(60)30(51-35(59)22-47-6)10-8-16-49-44(45)46/h12-15,21,23-26,30-33,36-37,47,57H,7-11,16-20,22H2,1-6H3,(H,48,50)(H,51,59)(H,52,62)(H,53,63)(H,54,60)(H,55,61)(H,65,66)(H4,45,46,49)/t25?,26-,30-,31-,32-,33-,36-,37-/m0/s1. The average Bonchev–Trinajstić information content (AvgIpc) is 3.98. The van der Waals surface area contributed by atoms with Crippen LogP contribution in [0.2, 0.25) is 0 Å². The van der Waals surface area contributed by atoms with E-state index in [4.69, 9.17) is 11.5 Å². The largest absolute Gasteiger partial charge is 0.508 e. The summed E-state index contributed by atoms with van der Waals surface area (Å²) >= 11 is 0. The lowest BCUT2D eigenvalue weighted by molar-refractivity contribution is -0.145. The number of likely N-dealkylation sites (tertiary alicyclic amines) is 1. The number of amides is 6. The first-order chi connectivity index (χ1) is 31.2. The van der Waals surface area contributed by atoms with Crippen molar-refractivity contribution >= 4 is 53.2 Å². The monoisotopic (exact) mass is 925 g/mol. The van der Waals surface area contributed by atoms with Gasteiger partial charge in [-0.1, -0.05) is 53.2 Å². The van der Waals surface area contributed by atoms with Crippen molar-refractivity contribution in [3.63, 3.8) is 0 Å². The Labute approximate surface area is 384 Å². The van der Waals surface area contributed by atoms with E-state index in [9.17, 15) is 48.6 Å². The van der Waals surface area contributed by atoms with Crippen molar-refractivity contribution < 1.29 is 48.6 Å². The van der Waals surface area contributed by atoms with Gasteiger partial charge in [-0.15, -0.1) is 0 Å². The Morgan fingerprint density at radius 1 is 0.864 bits per heavy atom. The van der Waals surface area contributed by atoms with E-state index in [-0.39, 0.29) is 57.0 Å². The summed E-state index contributed by atoms with van der Waals surface area (Å²) in [5.74, 6) is -7.60. The van der Waals surface area contributed by atoms with E-state index in [1.807, 2.05) is 6.92 Å². The van der Waals surface area contributed by atoms with Gasteiger partial charge in [0.1, 0.15) is 36.0 Å². The fourth-order valence-corrected chi connectivity index (χ4v) is 7.43. The zero-order chi connectivity index (χ0) is 49.1. The summed E-state index contributed by atoms with van der Waals surface area (Å²) in [7, 11) is 1.57. The number of carboxylic acid groups (broad SMARTS) is 1. The second-order valence-electron chi connectivity index (χ2n) is 17.1. The summed E-state index contributed by atoms with van der Waals surface area (Å²) in [5.41, 5.74) is 11.9. The van der Waals surface area contributed by atoms with E-state index in [1.165, 1.54) is 36.5 Å². The fraction of sp³-hybridized carbons (Fsp3) is 0.591. The number of Topliss-reactive ketones (excluding diaryl/α,β-unsaturated/α-hetero) is 1. The lowest BCUT2D eigenvalue weighted by atomic mass is 9.96. The molecule has 0 spiro atoms. The molecule has 1 aromatic carbocycles. The number of aromatic nitrogens is 2. The summed E-state index contributed by atoms with van der Waals surface area (Å²) in [5, 5.41) is 35.8. The topological polar surface area (TPSA) is 346 Å². The Bertz CT molecular complexity index is 1990. The highest BCUT2D eigenvalue weighted by molar-refractivity contribution is 5.98. The van der Waals surface area contributed by atoms with Gasteiger partial charge in [0, 0.05) is 44.2 Å². The van der Waals surface area contributed by atoms with Crippen molar-refractivity contribution in [1.82, 2.24) is 46.8 Å². The number of nitrogens with two attached hydrogens (primary N) is 2. The lowest BCUT2D eigenvalue weighted by Crippen LogP contribution is -2.61. The Balaban J connectivity index is 1.91. The number of ketones is 1. The number of phenolic OH excluding ortho intramolecular Hbond substituents is 1. The number of aromatic amines is 1. The molecule has 1 saturated heterocycles. The Morgan fingerprint density at radius 3 is 2.09 bits per heavy atom. The van der Waals surface area contributed by atoms with Gasteiger partial charge in [0.05, 0.1) is 24.8 Å². The van der Waals surface area contributed by atoms with Crippen molar-refractivity contribution in [1.29, 1.82) is 0 Å². The number of carboxylic acids is 1. The number of carbonyl (C=O) groups excluding carboxylic acids is 7. The summed E-state index contributed by atoms with van der Waals surface area (Å²) in [6, 6.07) is -1.01. The van der Waals surface area contributed by atoms with Gasteiger partial charge < -0.3 is 63.5 Å². The molecule has 2 heterocycles. The van der Waals surface area contributed by atoms with Crippen molar-refractivity contribution in [2.45, 2.75) is 122 Å². The minimum atomic E-state index is -1.34. The lowest BCUT2D eigenvalue weighted by Gasteiger charge is -2.32. The third-order valence-electron chi connectivity index (χ3n) is 11.4. The molecule has 1 aliphatic rings. The number of rotatable bonds is 27. The van der Waals surface area contributed by atoms with Gasteiger partial charge in [-0.3, -0.25) is 43.3 Å². The molecule has 1 aromatic heterocycles. The minimum Gasteiger partial charge on any atom is -0.508 e. The van der Waals surface area contributed by atoms with E-state index in [0.717, 1.165) is 0 Å². The number of aliphatic imine (C=N–C) groups is 1. The van der Waals surface area contributed by atoms with Crippen LogP contribution in [0.25, 0.3) is 0 Å². The number of phenols is 1. The number of aromatic hydroxyl groups is 1. The molecule has 0 radical (unpaired) electrons. The SMILES string of the molecule is CCC(C)[C@H](NC(=O)[C@H](Cc1ccc(O)cc1)NC(=O)[C@@H](NC(=O)[C@H](CCCN=C(N)N)NC(=O)CNC)C(C)C)C(=O)N[C@@H](Cc1cnc[nH]1)C(=O)N1CCC[C@H]1C(=O)C[C@H](C)C(=O)O. The van der Waals surface area contributed by atoms with E-state index in [0.29, 0.717) is 36.9 Å². The maximum atomic E-state index is 14.4. The number of H-pyrrole nitrogens is 1. The smallest absolute Gasteiger partial charge is 0.306 e. The van der Waals surface area contributed by atoms with Crippen LogP contribution in [-0.2, 0) is 51.2 Å². The molecule has 6 amide bonds. The molecular formula is C44H68N12O10. The number of likely N-dealkylation sites (N-methyl/N-ethyl adjacent to an activating group) is 1. The van der Waals surface area contributed by atoms with E-state index < -0.39 is 101 Å². The van der Waals surface area contributed by atoms with E-state index in [1.54, 1.807) is 40.0 Å². The first-order valence-electron chi connectivity index (χ1n) is 22.3. The summed E-state index contributed by atoms with van der Waals surface area (Å²) in [4.78, 5) is 121. The van der Waals surface area contributed by atoms with E-state index in [2.05, 4.69) is 46.9 Å². The molecule has 66 heavy (non-hydrogen) atoms. The number of benzene rings is 1. The number of carbonyl (C=O) groups is 8. The molecule has 1 fully saturated rings. The molecule has 22 heteroatoms. The van der Waals surface area contributed by atoms with Crippen LogP contribution in [0.4, 0.5) is 0 Å². The van der Waals surface area contributed by atoms with Crippen molar-refractivity contribution in [3.8, 4) is 5.75 Å². The van der Waals surface area contributed by atoms with Crippen LogP contribution < -0.4 is 43.4 Å². The number of imidazole rings is 1. The second kappa shape index (κ2) is 26.4. The molecule has 8 atom stereocenters. The summed E-state index contributed by atoms with van der Waals surface area (Å²) < 4.78 is 0. The van der Waals surface area contributed by atoms with Crippen LogP contribution in [-0.4, -0.2) is 141 Å². The first-order valence-corrected chi connectivity index (χ1v) is 22.3. The van der Waals surface area contributed by atoms with Crippen LogP contribution in [0, 0.1) is 17.8 Å². The fourth-order valence-electron chi connectivity index (χ4n) is 7.43. The molecule has 0 bridgehead atoms. The van der Waals surface area contributed by atoms with Crippen LogP contribution in [0.15, 0.2) is 41.8 Å². The van der Waals surface area contributed by atoms with Crippen LogP contribution in [0.3, 0.4) is 0 Å². The number of guanidine groups is 1. The third kappa shape index (κ3) is 16.8. The molecule has 0 aliphatic carbocycles. The highest BCUT2D eigenvalue weighted by Crippen LogP contribution is 2.23. The molecule has 3 rings (SSSR count). The van der Waals surface area contributed by atoms with Gasteiger partial charge in [0.25, 0.3) is 0 Å². The van der Waals surface area contributed by atoms with E-state index >= 15 is 0 Å². The maximum absolute atomic E-state index is 14.4. The van der Waals surface area contributed by atoms with Crippen LogP contribution in [0.5, 0.6) is 5.75 Å². The quantitative estimate of drug-likeness (QED) is 0.0290. The summed E-state index contributed by atoms with van der Waals surface area (Å²) in [6.07, 6.45) is 4.14. The Hall–Kier alpha value is -6.58. The predicted octanol–water partition coefficient (Wildman–Crippen LogP) is -1.03. The number of nitrogens with one attached hydrogen (secondary N) is 7. The van der Waals surface area contributed by atoms with Crippen molar-refractivity contribution in [2.75, 3.05) is 26.7 Å². The predicted molar refractivity (Wildman–Crippen MR) is 243 cm³/mol. The van der Waals surface area contributed by atoms with Crippen LogP contribution >= 0.6 is 0 Å². The molecule has 2 aromatic rings.